The van der Waals surface area contributed by atoms with Gasteiger partial charge >= 0.3 is 0 Å². The zero-order valence-corrected chi connectivity index (χ0v) is 11.8. The molecule has 1 aliphatic rings. The van der Waals surface area contributed by atoms with E-state index in [1.165, 1.54) is 0 Å². The van der Waals surface area contributed by atoms with Gasteiger partial charge in [0.25, 0.3) is 0 Å². The Hall–Kier alpha value is -1.52. The molecule has 0 aromatic carbocycles. The summed E-state index contributed by atoms with van der Waals surface area (Å²) in [5.74, 6) is 0.101. The smallest absolute Gasteiger partial charge is 0.0994 e. The first-order chi connectivity index (χ1) is 9.19. The summed E-state index contributed by atoms with van der Waals surface area (Å²) in [4.78, 5) is 4.17. The summed E-state index contributed by atoms with van der Waals surface area (Å²) in [6.07, 6.45) is 14.0. The average molecular weight is 274 g/mol. The standard InChI is InChI=1S/C15H18N2OS/c1-3-5-6-7-11-12(8-15(18)19)14-9-16-10-17(14)13(11)4-2/h3-7,9-10,12,15,18-19H,2,8H2,1H3/b5-3+,7-6-. The molecule has 19 heavy (non-hydrogen) atoms. The van der Waals surface area contributed by atoms with Gasteiger partial charge in [-0.3, -0.25) is 0 Å². The van der Waals surface area contributed by atoms with E-state index in [0.29, 0.717) is 6.42 Å². The van der Waals surface area contributed by atoms with Crippen LogP contribution in [0.1, 0.15) is 25.0 Å². The van der Waals surface area contributed by atoms with E-state index in [-0.39, 0.29) is 5.92 Å². The molecule has 0 amide bonds. The largest absolute Gasteiger partial charge is 0.383 e. The number of nitrogens with zero attached hydrogens (tertiary/aromatic N) is 2. The summed E-state index contributed by atoms with van der Waals surface area (Å²) >= 11 is 4.09. The van der Waals surface area contributed by atoms with Gasteiger partial charge in [0.2, 0.25) is 0 Å². The molecule has 2 unspecified atom stereocenters. The predicted molar refractivity (Wildman–Crippen MR) is 81.9 cm³/mol. The third-order valence-electron chi connectivity index (χ3n) is 3.17. The molecule has 3 nitrogen and oxygen atoms in total. The number of hydrogen-bond acceptors (Lipinski definition) is 3. The maximum atomic E-state index is 9.57. The van der Waals surface area contributed by atoms with Gasteiger partial charge in [0.1, 0.15) is 0 Å². The number of allylic oxidation sites excluding steroid dienone is 7. The van der Waals surface area contributed by atoms with Crippen molar-refractivity contribution in [2.24, 2.45) is 0 Å². The molecule has 2 atom stereocenters. The molecule has 0 aliphatic carbocycles. The summed E-state index contributed by atoms with van der Waals surface area (Å²) in [6.45, 7) is 5.85. The van der Waals surface area contributed by atoms with Crippen LogP contribution in [0.15, 0.2) is 55.1 Å². The van der Waals surface area contributed by atoms with Crippen LogP contribution in [0.2, 0.25) is 0 Å². The maximum Gasteiger partial charge on any atom is 0.0994 e. The van der Waals surface area contributed by atoms with Crippen molar-refractivity contribution in [2.45, 2.75) is 24.7 Å². The van der Waals surface area contributed by atoms with Crippen LogP contribution in [-0.2, 0) is 0 Å². The van der Waals surface area contributed by atoms with E-state index in [2.05, 4.69) is 30.3 Å². The normalized spacial score (nSPS) is 20.5. The molecule has 0 bridgehead atoms. The van der Waals surface area contributed by atoms with E-state index in [0.717, 1.165) is 17.0 Å². The zero-order valence-electron chi connectivity index (χ0n) is 10.9. The van der Waals surface area contributed by atoms with Crippen molar-refractivity contribution >= 4 is 18.3 Å². The Kier molecular flexibility index (Phi) is 4.45. The van der Waals surface area contributed by atoms with Gasteiger partial charge in [-0.05, 0) is 25.0 Å². The van der Waals surface area contributed by atoms with Crippen molar-refractivity contribution in [2.75, 3.05) is 0 Å². The highest BCUT2D eigenvalue weighted by molar-refractivity contribution is 7.80. The van der Waals surface area contributed by atoms with Crippen molar-refractivity contribution in [3.05, 3.63) is 60.8 Å². The van der Waals surface area contributed by atoms with Crippen LogP contribution >= 0.6 is 12.6 Å². The van der Waals surface area contributed by atoms with E-state index in [1.54, 1.807) is 6.33 Å². The van der Waals surface area contributed by atoms with E-state index >= 15 is 0 Å². The quantitative estimate of drug-likeness (QED) is 0.492. The lowest BCUT2D eigenvalue weighted by Crippen LogP contribution is -2.06. The molecule has 0 spiro atoms. The maximum absolute atomic E-state index is 9.57. The first kappa shape index (κ1) is 13.9. The number of aliphatic hydroxyl groups is 1. The van der Waals surface area contributed by atoms with Gasteiger partial charge in [-0.15, -0.1) is 12.6 Å². The summed E-state index contributed by atoms with van der Waals surface area (Å²) in [7, 11) is 0. The number of aromatic nitrogens is 2. The van der Waals surface area contributed by atoms with Crippen molar-refractivity contribution in [1.82, 2.24) is 9.55 Å². The summed E-state index contributed by atoms with van der Waals surface area (Å²) in [5.41, 5.74) is 2.58. The average Bonchev–Trinajstić information content (AvgIpc) is 2.92. The number of fused-ring (bicyclic) bond motifs is 1. The molecule has 1 aromatic rings. The van der Waals surface area contributed by atoms with Crippen LogP contribution < -0.4 is 0 Å². The van der Waals surface area contributed by atoms with Gasteiger partial charge in [0, 0.05) is 12.1 Å². The van der Waals surface area contributed by atoms with Crippen LogP contribution in [0.25, 0.3) is 5.70 Å². The van der Waals surface area contributed by atoms with Crippen molar-refractivity contribution < 1.29 is 5.11 Å². The highest BCUT2D eigenvalue weighted by Crippen LogP contribution is 2.41. The van der Waals surface area contributed by atoms with E-state index < -0.39 is 5.44 Å². The molecule has 0 fully saturated rings. The molecule has 0 saturated carbocycles. The van der Waals surface area contributed by atoms with E-state index in [1.807, 2.05) is 42.0 Å². The Bertz CT molecular complexity index is 552. The molecule has 2 rings (SSSR count). The van der Waals surface area contributed by atoms with Gasteiger partial charge in [-0.2, -0.15) is 0 Å². The van der Waals surface area contributed by atoms with Gasteiger partial charge in [-0.25, -0.2) is 4.98 Å². The Morgan fingerprint density at radius 2 is 2.37 bits per heavy atom. The van der Waals surface area contributed by atoms with E-state index in [9.17, 15) is 5.11 Å². The lowest BCUT2D eigenvalue weighted by Gasteiger charge is -2.13. The summed E-state index contributed by atoms with van der Waals surface area (Å²) < 4.78 is 2.02. The molecule has 2 heterocycles. The molecule has 1 aliphatic heterocycles. The lowest BCUT2D eigenvalue weighted by molar-refractivity contribution is 0.248. The Balaban J connectivity index is 2.44. The third-order valence-corrected chi connectivity index (χ3v) is 3.38. The number of hydrogen-bond donors (Lipinski definition) is 2. The predicted octanol–water partition coefficient (Wildman–Crippen LogP) is 3.15. The second kappa shape index (κ2) is 6.08. The molecular weight excluding hydrogens is 256 g/mol. The lowest BCUT2D eigenvalue weighted by atomic mass is 9.93. The Labute approximate surface area is 119 Å². The van der Waals surface area contributed by atoms with Crippen LogP contribution in [0.4, 0.5) is 0 Å². The number of thiol groups is 1. The molecule has 1 N–H and O–H groups in total. The molecule has 1 aromatic heterocycles. The monoisotopic (exact) mass is 274 g/mol. The minimum Gasteiger partial charge on any atom is -0.383 e. The van der Waals surface area contributed by atoms with Gasteiger partial charge in [0.05, 0.1) is 23.2 Å². The highest BCUT2D eigenvalue weighted by Gasteiger charge is 2.29. The first-order valence-electron chi connectivity index (χ1n) is 6.23. The molecule has 0 saturated heterocycles. The molecule has 0 radical (unpaired) electrons. The first-order valence-corrected chi connectivity index (χ1v) is 6.75. The SMILES string of the molecule is C=CC1=C(/C=C\C=C\C)C(CC(O)S)c2cncn21. The number of imidazole rings is 1. The highest BCUT2D eigenvalue weighted by atomic mass is 32.1. The number of aliphatic hydroxyl groups excluding tert-OH is 1. The fourth-order valence-corrected chi connectivity index (χ4v) is 2.60. The van der Waals surface area contributed by atoms with Crippen molar-refractivity contribution in [1.29, 1.82) is 0 Å². The van der Waals surface area contributed by atoms with Crippen molar-refractivity contribution in [3.63, 3.8) is 0 Å². The summed E-state index contributed by atoms with van der Waals surface area (Å²) in [5, 5.41) is 9.57. The topological polar surface area (TPSA) is 38.1 Å². The van der Waals surface area contributed by atoms with Gasteiger partial charge < -0.3 is 9.67 Å². The third kappa shape index (κ3) is 2.74. The minimum atomic E-state index is -0.650. The fourth-order valence-electron chi connectivity index (χ4n) is 2.39. The number of rotatable bonds is 5. The zero-order chi connectivity index (χ0) is 13.8. The molecule has 100 valence electrons. The van der Waals surface area contributed by atoms with Crippen LogP contribution in [0, 0.1) is 0 Å². The van der Waals surface area contributed by atoms with Gasteiger partial charge in [0.15, 0.2) is 0 Å². The Morgan fingerprint density at radius 3 is 3.00 bits per heavy atom. The second-order valence-electron chi connectivity index (χ2n) is 4.39. The van der Waals surface area contributed by atoms with Crippen LogP contribution in [0.3, 0.4) is 0 Å². The second-order valence-corrected chi connectivity index (χ2v) is 4.98. The minimum absolute atomic E-state index is 0.101. The fraction of sp³-hybridized carbons (Fsp3) is 0.267. The molecule has 4 heteroatoms. The van der Waals surface area contributed by atoms with Crippen LogP contribution in [0.5, 0.6) is 0 Å². The van der Waals surface area contributed by atoms with E-state index in [4.69, 9.17) is 0 Å². The summed E-state index contributed by atoms with van der Waals surface area (Å²) in [6, 6.07) is 0. The molecular formula is C15H18N2OS. The Morgan fingerprint density at radius 1 is 1.58 bits per heavy atom. The van der Waals surface area contributed by atoms with Gasteiger partial charge in [-0.1, -0.05) is 30.9 Å². The van der Waals surface area contributed by atoms with Crippen molar-refractivity contribution in [3.8, 4) is 0 Å². The van der Waals surface area contributed by atoms with Crippen LogP contribution in [-0.4, -0.2) is 20.1 Å².